The Bertz CT molecular complexity index is 335. The number of benzene rings is 1. The van der Waals surface area contributed by atoms with Crippen molar-refractivity contribution in [2.45, 2.75) is 39.0 Å². The lowest BCUT2D eigenvalue weighted by Crippen LogP contribution is -2.14. The van der Waals surface area contributed by atoms with E-state index in [1.165, 1.54) is 0 Å². The van der Waals surface area contributed by atoms with Gasteiger partial charge in [-0.1, -0.05) is 38.0 Å². The van der Waals surface area contributed by atoms with Crippen molar-refractivity contribution in [3.8, 4) is 5.75 Å². The number of carboxylic acids is 1. The molecule has 0 aliphatic rings. The summed E-state index contributed by atoms with van der Waals surface area (Å²) in [5, 5.41) is 9.08. The van der Waals surface area contributed by atoms with Gasteiger partial charge in [-0.3, -0.25) is 4.79 Å². The highest BCUT2D eigenvalue weighted by Crippen LogP contribution is 2.16. The molecule has 0 fully saturated rings. The molecule has 1 aromatic carbocycles. The molecule has 0 spiro atoms. The summed E-state index contributed by atoms with van der Waals surface area (Å²) in [6, 6.07) is 9.61. The molecule has 0 radical (unpaired) electrons. The topological polar surface area (TPSA) is 46.5 Å². The molecule has 100 valence electrons. The number of aliphatic carboxylic acids is 1. The van der Waals surface area contributed by atoms with Gasteiger partial charge in [0.05, 0.1) is 12.5 Å². The van der Waals surface area contributed by atoms with Crippen molar-refractivity contribution in [3.63, 3.8) is 0 Å². The van der Waals surface area contributed by atoms with E-state index in [9.17, 15) is 4.79 Å². The second-order valence-corrected chi connectivity index (χ2v) is 4.48. The molecule has 0 bridgehead atoms. The zero-order chi connectivity index (χ0) is 13.2. The van der Waals surface area contributed by atoms with E-state index in [-0.39, 0.29) is 5.92 Å². The van der Waals surface area contributed by atoms with Crippen LogP contribution in [0.25, 0.3) is 0 Å². The van der Waals surface area contributed by atoms with Gasteiger partial charge in [0.2, 0.25) is 0 Å². The van der Waals surface area contributed by atoms with Crippen LogP contribution in [0.5, 0.6) is 5.75 Å². The summed E-state index contributed by atoms with van der Waals surface area (Å²) in [7, 11) is 0. The van der Waals surface area contributed by atoms with Crippen LogP contribution in [0.4, 0.5) is 0 Å². The first kappa shape index (κ1) is 14.6. The SMILES string of the molecule is CCCCC(CCCOc1ccccc1)C(=O)O. The molecule has 0 aliphatic carbocycles. The standard InChI is InChI=1S/C15H22O3/c1-2-3-8-13(15(16)17)9-7-12-18-14-10-5-4-6-11-14/h4-6,10-11,13H,2-3,7-9,12H2,1H3,(H,16,17). The predicted octanol–water partition coefficient (Wildman–Crippen LogP) is 3.74. The molecule has 3 heteroatoms. The lowest BCUT2D eigenvalue weighted by molar-refractivity contribution is -0.142. The maximum atomic E-state index is 11.0. The fourth-order valence-corrected chi connectivity index (χ4v) is 1.88. The Labute approximate surface area is 109 Å². The molecule has 0 saturated heterocycles. The molecule has 0 aliphatic heterocycles. The zero-order valence-corrected chi connectivity index (χ0v) is 11.0. The second kappa shape index (κ2) is 8.56. The number of hydrogen-bond acceptors (Lipinski definition) is 2. The smallest absolute Gasteiger partial charge is 0.306 e. The second-order valence-electron chi connectivity index (χ2n) is 4.48. The maximum Gasteiger partial charge on any atom is 0.306 e. The van der Waals surface area contributed by atoms with Gasteiger partial charge in [-0.05, 0) is 31.4 Å². The molecule has 0 heterocycles. The van der Waals surface area contributed by atoms with E-state index in [0.29, 0.717) is 13.0 Å². The Morgan fingerprint density at radius 3 is 2.50 bits per heavy atom. The fourth-order valence-electron chi connectivity index (χ4n) is 1.88. The Hall–Kier alpha value is -1.51. The average molecular weight is 250 g/mol. The third-order valence-electron chi connectivity index (χ3n) is 2.96. The van der Waals surface area contributed by atoms with E-state index in [0.717, 1.165) is 31.4 Å². The van der Waals surface area contributed by atoms with E-state index in [1.54, 1.807) is 0 Å². The van der Waals surface area contributed by atoms with Gasteiger partial charge < -0.3 is 9.84 Å². The third kappa shape index (κ3) is 5.71. The summed E-state index contributed by atoms with van der Waals surface area (Å²) in [6.45, 7) is 2.66. The number of carbonyl (C=O) groups is 1. The van der Waals surface area contributed by atoms with E-state index >= 15 is 0 Å². The summed E-state index contributed by atoms with van der Waals surface area (Å²) in [4.78, 5) is 11.0. The van der Waals surface area contributed by atoms with Crippen LogP contribution in [0.3, 0.4) is 0 Å². The highest BCUT2D eigenvalue weighted by molar-refractivity contribution is 5.69. The highest BCUT2D eigenvalue weighted by Gasteiger charge is 2.15. The minimum absolute atomic E-state index is 0.218. The van der Waals surface area contributed by atoms with Crippen molar-refractivity contribution < 1.29 is 14.6 Å². The summed E-state index contributed by atoms with van der Waals surface area (Å²) >= 11 is 0. The van der Waals surface area contributed by atoms with Crippen LogP contribution in [0.2, 0.25) is 0 Å². The minimum Gasteiger partial charge on any atom is -0.494 e. The normalized spacial score (nSPS) is 12.1. The van der Waals surface area contributed by atoms with Gasteiger partial charge in [0, 0.05) is 0 Å². The quantitative estimate of drug-likeness (QED) is 0.679. The van der Waals surface area contributed by atoms with Gasteiger partial charge >= 0.3 is 5.97 Å². The van der Waals surface area contributed by atoms with Crippen molar-refractivity contribution in [2.24, 2.45) is 5.92 Å². The summed E-state index contributed by atoms with van der Waals surface area (Å²) in [5.74, 6) is -0.0505. The van der Waals surface area contributed by atoms with Crippen LogP contribution >= 0.6 is 0 Å². The van der Waals surface area contributed by atoms with E-state index in [2.05, 4.69) is 6.92 Å². The largest absolute Gasteiger partial charge is 0.494 e. The van der Waals surface area contributed by atoms with Gasteiger partial charge in [-0.15, -0.1) is 0 Å². The van der Waals surface area contributed by atoms with Gasteiger partial charge in [-0.2, -0.15) is 0 Å². The Morgan fingerprint density at radius 2 is 1.89 bits per heavy atom. The molecule has 0 saturated carbocycles. The number of ether oxygens (including phenoxy) is 1. The lowest BCUT2D eigenvalue weighted by Gasteiger charge is -2.12. The Morgan fingerprint density at radius 1 is 1.22 bits per heavy atom. The summed E-state index contributed by atoms with van der Waals surface area (Å²) in [5.41, 5.74) is 0. The van der Waals surface area contributed by atoms with Crippen LogP contribution in [0.15, 0.2) is 30.3 Å². The van der Waals surface area contributed by atoms with E-state index < -0.39 is 5.97 Å². The highest BCUT2D eigenvalue weighted by atomic mass is 16.5. The molecule has 1 N–H and O–H groups in total. The van der Waals surface area contributed by atoms with Gasteiger partial charge in [-0.25, -0.2) is 0 Å². The number of carboxylic acid groups (broad SMARTS) is 1. The van der Waals surface area contributed by atoms with Gasteiger partial charge in [0.1, 0.15) is 5.75 Å². The first-order valence-corrected chi connectivity index (χ1v) is 6.64. The van der Waals surface area contributed by atoms with Crippen molar-refractivity contribution >= 4 is 5.97 Å². The summed E-state index contributed by atoms with van der Waals surface area (Å²) in [6.07, 6.45) is 4.29. The van der Waals surface area contributed by atoms with Crippen LogP contribution in [0, 0.1) is 5.92 Å². The first-order chi connectivity index (χ1) is 8.74. The maximum absolute atomic E-state index is 11.0. The van der Waals surface area contributed by atoms with Crippen LogP contribution in [-0.2, 0) is 4.79 Å². The van der Waals surface area contributed by atoms with Crippen molar-refractivity contribution in [2.75, 3.05) is 6.61 Å². The third-order valence-corrected chi connectivity index (χ3v) is 2.96. The van der Waals surface area contributed by atoms with Crippen LogP contribution in [-0.4, -0.2) is 17.7 Å². The lowest BCUT2D eigenvalue weighted by atomic mass is 9.97. The molecule has 0 aromatic heterocycles. The molecular formula is C15H22O3. The molecule has 1 atom stereocenters. The van der Waals surface area contributed by atoms with Crippen LogP contribution < -0.4 is 4.74 Å². The molecule has 0 amide bonds. The molecule has 1 aromatic rings. The van der Waals surface area contributed by atoms with Crippen molar-refractivity contribution in [1.29, 1.82) is 0 Å². The molecule has 18 heavy (non-hydrogen) atoms. The zero-order valence-electron chi connectivity index (χ0n) is 11.0. The molecule has 3 nitrogen and oxygen atoms in total. The predicted molar refractivity (Wildman–Crippen MR) is 71.8 cm³/mol. The number of rotatable bonds is 9. The summed E-state index contributed by atoms with van der Waals surface area (Å²) < 4.78 is 5.55. The number of unbranched alkanes of at least 4 members (excludes halogenated alkanes) is 1. The first-order valence-electron chi connectivity index (χ1n) is 6.64. The van der Waals surface area contributed by atoms with E-state index in [1.807, 2.05) is 30.3 Å². The van der Waals surface area contributed by atoms with Crippen molar-refractivity contribution in [1.82, 2.24) is 0 Å². The fraction of sp³-hybridized carbons (Fsp3) is 0.533. The monoisotopic (exact) mass is 250 g/mol. The number of para-hydroxylation sites is 1. The molecule has 1 unspecified atom stereocenters. The van der Waals surface area contributed by atoms with Crippen molar-refractivity contribution in [3.05, 3.63) is 30.3 Å². The average Bonchev–Trinajstić information content (AvgIpc) is 2.38. The number of hydrogen-bond donors (Lipinski definition) is 1. The Kier molecular flexibility index (Phi) is 6.92. The molecule has 1 rings (SSSR count). The van der Waals surface area contributed by atoms with E-state index in [4.69, 9.17) is 9.84 Å². The van der Waals surface area contributed by atoms with Gasteiger partial charge in [0.25, 0.3) is 0 Å². The minimum atomic E-state index is -0.678. The van der Waals surface area contributed by atoms with Gasteiger partial charge in [0.15, 0.2) is 0 Å². The Balaban J connectivity index is 2.20. The molecular weight excluding hydrogens is 228 g/mol. The van der Waals surface area contributed by atoms with Crippen LogP contribution in [0.1, 0.15) is 39.0 Å².